The molecule has 21 heavy (non-hydrogen) atoms. The molecule has 0 radical (unpaired) electrons. The van der Waals surface area contributed by atoms with Gasteiger partial charge in [-0.15, -0.1) is 11.3 Å². The Morgan fingerprint density at radius 3 is 2.86 bits per heavy atom. The lowest BCUT2D eigenvalue weighted by Gasteiger charge is -2.33. The Labute approximate surface area is 136 Å². The molecule has 0 aliphatic carbocycles. The Hall–Kier alpha value is -0.880. The van der Waals surface area contributed by atoms with Crippen molar-refractivity contribution in [2.75, 3.05) is 37.8 Å². The maximum Gasteiger partial charge on any atom is 0.191 e. The summed E-state index contributed by atoms with van der Waals surface area (Å²) in [5.41, 5.74) is 0. The van der Waals surface area contributed by atoms with Crippen molar-refractivity contribution < 1.29 is 0 Å². The first kappa shape index (κ1) is 16.5. The second kappa shape index (κ2) is 8.54. The average Bonchev–Trinajstić information content (AvgIpc) is 3.06. The third-order valence-electron chi connectivity index (χ3n) is 3.84. The molecule has 0 amide bonds. The summed E-state index contributed by atoms with van der Waals surface area (Å²) >= 11 is 3.70. The highest BCUT2D eigenvalue weighted by molar-refractivity contribution is 7.99. The van der Waals surface area contributed by atoms with Gasteiger partial charge in [0.1, 0.15) is 0 Å². The van der Waals surface area contributed by atoms with E-state index in [1.54, 1.807) is 0 Å². The highest BCUT2D eigenvalue weighted by Crippen LogP contribution is 2.24. The molecular formula is C15H26N4S2. The first-order valence-electron chi connectivity index (χ1n) is 7.51. The normalized spacial score (nSPS) is 18.6. The van der Waals surface area contributed by atoms with Gasteiger partial charge in [0.2, 0.25) is 0 Å². The molecule has 4 nitrogen and oxygen atoms in total. The van der Waals surface area contributed by atoms with E-state index in [0.717, 1.165) is 38.4 Å². The zero-order valence-corrected chi connectivity index (χ0v) is 14.8. The van der Waals surface area contributed by atoms with E-state index in [-0.39, 0.29) is 0 Å². The molecule has 1 atom stereocenters. The summed E-state index contributed by atoms with van der Waals surface area (Å²) in [6.45, 7) is 5.42. The van der Waals surface area contributed by atoms with Crippen molar-refractivity contribution >= 4 is 34.1 Å². The lowest BCUT2D eigenvalue weighted by Crippen LogP contribution is -2.49. The number of nitrogens with one attached hydrogen (secondary N) is 2. The highest BCUT2D eigenvalue weighted by atomic mass is 32.2. The molecule has 6 heteroatoms. The largest absolute Gasteiger partial charge is 0.363 e. The van der Waals surface area contributed by atoms with Crippen molar-refractivity contribution in [1.29, 1.82) is 0 Å². The summed E-state index contributed by atoms with van der Waals surface area (Å²) in [6, 6.07) is 4.86. The van der Waals surface area contributed by atoms with Crippen molar-refractivity contribution in [2.24, 2.45) is 4.99 Å². The minimum absolute atomic E-state index is 0.525. The fourth-order valence-corrected chi connectivity index (χ4v) is 3.44. The molecule has 0 aromatic carbocycles. The summed E-state index contributed by atoms with van der Waals surface area (Å²) in [4.78, 5) is 6.81. The first-order chi connectivity index (χ1) is 10.2. The van der Waals surface area contributed by atoms with Crippen LogP contribution in [-0.2, 0) is 0 Å². The SMILES string of the molecule is CN=C(NCC(C)SC)NC1CCN(c2cccs2)CC1. The average molecular weight is 327 g/mol. The predicted octanol–water partition coefficient (Wildman–Crippen LogP) is 2.63. The Balaban J connectivity index is 1.74. The first-order valence-corrected chi connectivity index (χ1v) is 9.68. The number of piperidine rings is 1. The van der Waals surface area contributed by atoms with Gasteiger partial charge in [0.15, 0.2) is 5.96 Å². The molecule has 0 saturated carbocycles. The van der Waals surface area contributed by atoms with Gasteiger partial charge in [0, 0.05) is 38.0 Å². The Bertz CT molecular complexity index is 425. The van der Waals surface area contributed by atoms with Gasteiger partial charge in [-0.1, -0.05) is 6.92 Å². The summed E-state index contributed by atoms with van der Waals surface area (Å²) in [5, 5.41) is 11.1. The lowest BCUT2D eigenvalue weighted by molar-refractivity contribution is 0.463. The minimum atomic E-state index is 0.525. The van der Waals surface area contributed by atoms with Crippen LogP contribution in [0.25, 0.3) is 0 Å². The molecule has 2 rings (SSSR count). The molecule has 1 saturated heterocycles. The zero-order chi connectivity index (χ0) is 15.1. The van der Waals surface area contributed by atoms with Crippen LogP contribution < -0.4 is 15.5 Å². The maximum atomic E-state index is 4.33. The van der Waals surface area contributed by atoms with Gasteiger partial charge in [-0.05, 0) is 36.6 Å². The Morgan fingerprint density at radius 2 is 2.29 bits per heavy atom. The van der Waals surface area contributed by atoms with Crippen LogP contribution in [0.1, 0.15) is 19.8 Å². The van der Waals surface area contributed by atoms with Crippen molar-refractivity contribution in [1.82, 2.24) is 10.6 Å². The number of hydrogen-bond acceptors (Lipinski definition) is 4. The number of rotatable bonds is 5. The van der Waals surface area contributed by atoms with Gasteiger partial charge in [-0.2, -0.15) is 11.8 Å². The lowest BCUT2D eigenvalue weighted by atomic mass is 10.1. The maximum absolute atomic E-state index is 4.33. The number of aliphatic imine (C=N–C) groups is 1. The fourth-order valence-electron chi connectivity index (χ4n) is 2.41. The van der Waals surface area contributed by atoms with Gasteiger partial charge in [-0.3, -0.25) is 4.99 Å². The number of anilines is 1. The van der Waals surface area contributed by atoms with Crippen LogP contribution in [-0.4, -0.2) is 50.2 Å². The van der Waals surface area contributed by atoms with Crippen LogP contribution >= 0.6 is 23.1 Å². The standard InChI is InChI=1S/C15H26N4S2/c1-12(20-3)11-17-15(16-2)18-13-6-8-19(9-7-13)14-5-4-10-21-14/h4-5,10,12-13H,6-9,11H2,1-3H3,(H2,16,17,18). The van der Waals surface area contributed by atoms with E-state index in [2.05, 4.69) is 51.2 Å². The van der Waals surface area contributed by atoms with Gasteiger partial charge in [-0.25, -0.2) is 0 Å². The van der Waals surface area contributed by atoms with Crippen LogP contribution in [0.5, 0.6) is 0 Å². The van der Waals surface area contributed by atoms with E-state index in [1.165, 1.54) is 5.00 Å². The third-order valence-corrected chi connectivity index (χ3v) is 5.74. The molecule has 1 unspecified atom stereocenters. The molecule has 2 N–H and O–H groups in total. The monoisotopic (exact) mass is 326 g/mol. The second-order valence-electron chi connectivity index (χ2n) is 5.36. The zero-order valence-electron chi connectivity index (χ0n) is 13.1. The quantitative estimate of drug-likeness (QED) is 0.644. The Morgan fingerprint density at radius 1 is 1.52 bits per heavy atom. The van der Waals surface area contributed by atoms with Crippen molar-refractivity contribution in [2.45, 2.75) is 31.1 Å². The number of hydrogen-bond donors (Lipinski definition) is 2. The fraction of sp³-hybridized carbons (Fsp3) is 0.667. The van der Waals surface area contributed by atoms with E-state index in [4.69, 9.17) is 0 Å². The molecule has 0 spiro atoms. The molecular weight excluding hydrogens is 300 g/mol. The molecule has 1 aromatic rings. The Kier molecular flexibility index (Phi) is 6.70. The van der Waals surface area contributed by atoms with Crippen LogP contribution in [0.15, 0.2) is 22.5 Å². The summed E-state index contributed by atoms with van der Waals surface area (Å²) < 4.78 is 0. The molecule has 1 fully saturated rings. The van der Waals surface area contributed by atoms with E-state index in [9.17, 15) is 0 Å². The van der Waals surface area contributed by atoms with Crippen LogP contribution in [0.3, 0.4) is 0 Å². The predicted molar refractivity (Wildman–Crippen MR) is 97.0 cm³/mol. The van der Waals surface area contributed by atoms with E-state index < -0.39 is 0 Å². The minimum Gasteiger partial charge on any atom is -0.363 e. The van der Waals surface area contributed by atoms with Crippen LogP contribution in [0.2, 0.25) is 0 Å². The molecule has 1 aliphatic heterocycles. The van der Waals surface area contributed by atoms with Crippen LogP contribution in [0.4, 0.5) is 5.00 Å². The summed E-state index contributed by atoms with van der Waals surface area (Å²) in [6.07, 6.45) is 4.47. The van der Waals surface area contributed by atoms with E-state index in [0.29, 0.717) is 11.3 Å². The van der Waals surface area contributed by atoms with Crippen molar-refractivity contribution in [3.8, 4) is 0 Å². The number of nitrogens with zero attached hydrogens (tertiary/aromatic N) is 2. The van der Waals surface area contributed by atoms with E-state index in [1.807, 2.05) is 30.1 Å². The highest BCUT2D eigenvalue weighted by Gasteiger charge is 2.20. The smallest absolute Gasteiger partial charge is 0.191 e. The van der Waals surface area contributed by atoms with Gasteiger partial charge >= 0.3 is 0 Å². The molecule has 2 heterocycles. The molecule has 0 bridgehead atoms. The van der Waals surface area contributed by atoms with Crippen molar-refractivity contribution in [3.63, 3.8) is 0 Å². The third kappa shape index (κ3) is 5.11. The van der Waals surface area contributed by atoms with Gasteiger partial charge in [0.05, 0.1) is 5.00 Å². The van der Waals surface area contributed by atoms with Gasteiger partial charge in [0.25, 0.3) is 0 Å². The number of thioether (sulfide) groups is 1. The number of guanidine groups is 1. The van der Waals surface area contributed by atoms with Gasteiger partial charge < -0.3 is 15.5 Å². The summed E-state index contributed by atoms with van der Waals surface area (Å²) in [7, 11) is 1.85. The molecule has 1 aliphatic rings. The van der Waals surface area contributed by atoms with Crippen molar-refractivity contribution in [3.05, 3.63) is 17.5 Å². The van der Waals surface area contributed by atoms with E-state index >= 15 is 0 Å². The topological polar surface area (TPSA) is 39.7 Å². The van der Waals surface area contributed by atoms with Crippen LogP contribution in [0, 0.1) is 0 Å². The molecule has 118 valence electrons. The molecule has 1 aromatic heterocycles. The summed E-state index contributed by atoms with van der Waals surface area (Å²) in [5.74, 6) is 0.936. The number of thiophene rings is 1. The second-order valence-corrected chi connectivity index (χ2v) is 7.56.